The van der Waals surface area contributed by atoms with Crippen molar-refractivity contribution in [1.82, 2.24) is 0 Å². The maximum absolute atomic E-state index is 6.15. The fourth-order valence-corrected chi connectivity index (χ4v) is 3.66. The van der Waals surface area contributed by atoms with E-state index in [0.717, 1.165) is 23.7 Å². The summed E-state index contributed by atoms with van der Waals surface area (Å²) in [5, 5.41) is 6.42. The van der Waals surface area contributed by atoms with Crippen molar-refractivity contribution in [3.05, 3.63) is 66.2 Å². The Hall–Kier alpha value is -2.13. The highest BCUT2D eigenvalue weighted by Crippen LogP contribution is 2.44. The summed E-state index contributed by atoms with van der Waals surface area (Å²) in [6.45, 7) is 0.967. The summed E-state index contributed by atoms with van der Waals surface area (Å²) in [6, 6.07) is 20.9. The number of hydrogen-bond donors (Lipinski definition) is 1. The molecule has 1 aliphatic heterocycles. The maximum Gasteiger partial charge on any atom is 0.150 e. The largest absolute Gasteiger partial charge is 0.455 e. The van der Waals surface area contributed by atoms with E-state index in [1.54, 1.807) is 0 Å². The standard InChI is InChI=1S/C19H17NOS/c1-22-18-12-20-19-16(18)7-4-8-17(19)21-15-10-9-13-5-2-3-6-14(13)11-15/h2-11,18,20H,12H2,1H3. The second-order valence-corrected chi connectivity index (χ2v) is 6.48. The van der Waals surface area contributed by atoms with E-state index >= 15 is 0 Å². The lowest BCUT2D eigenvalue weighted by Crippen LogP contribution is -1.97. The van der Waals surface area contributed by atoms with Gasteiger partial charge >= 0.3 is 0 Å². The van der Waals surface area contributed by atoms with E-state index in [4.69, 9.17) is 4.74 Å². The topological polar surface area (TPSA) is 21.3 Å². The van der Waals surface area contributed by atoms with Crippen molar-refractivity contribution < 1.29 is 4.74 Å². The van der Waals surface area contributed by atoms with Crippen LogP contribution in [-0.4, -0.2) is 12.8 Å². The van der Waals surface area contributed by atoms with Crippen LogP contribution < -0.4 is 10.1 Å². The molecule has 0 saturated heterocycles. The highest BCUT2D eigenvalue weighted by Gasteiger charge is 2.24. The van der Waals surface area contributed by atoms with Gasteiger partial charge < -0.3 is 10.1 Å². The first-order chi connectivity index (χ1) is 10.8. The number of hydrogen-bond acceptors (Lipinski definition) is 3. The van der Waals surface area contributed by atoms with Crippen LogP contribution in [0, 0.1) is 0 Å². The Bertz CT molecular complexity index is 831. The number of nitrogens with one attached hydrogen (secondary N) is 1. The van der Waals surface area contributed by atoms with Crippen LogP contribution in [0.4, 0.5) is 5.69 Å². The Balaban J connectivity index is 1.70. The molecule has 0 amide bonds. The van der Waals surface area contributed by atoms with Gasteiger partial charge in [0, 0.05) is 11.8 Å². The summed E-state index contributed by atoms with van der Waals surface area (Å²) >= 11 is 1.87. The van der Waals surface area contributed by atoms with Crippen LogP contribution in [0.25, 0.3) is 10.8 Å². The first-order valence-corrected chi connectivity index (χ1v) is 8.70. The van der Waals surface area contributed by atoms with Crippen LogP contribution in [0.1, 0.15) is 10.8 Å². The molecule has 1 N–H and O–H groups in total. The molecular formula is C19H17NOS. The Morgan fingerprint density at radius 1 is 1.00 bits per heavy atom. The predicted molar refractivity (Wildman–Crippen MR) is 95.2 cm³/mol. The SMILES string of the molecule is CSC1CNc2c(Oc3ccc4ccccc4c3)cccc21. The molecule has 0 aromatic heterocycles. The first kappa shape index (κ1) is 13.5. The van der Waals surface area contributed by atoms with Crippen LogP contribution >= 0.6 is 11.8 Å². The minimum Gasteiger partial charge on any atom is -0.455 e. The van der Waals surface area contributed by atoms with Gasteiger partial charge in [-0.25, -0.2) is 0 Å². The molecule has 2 nitrogen and oxygen atoms in total. The Labute approximate surface area is 134 Å². The second kappa shape index (κ2) is 5.58. The van der Waals surface area contributed by atoms with Crippen molar-refractivity contribution in [1.29, 1.82) is 0 Å². The molecule has 0 aliphatic carbocycles. The van der Waals surface area contributed by atoms with Gasteiger partial charge in [0.05, 0.1) is 5.69 Å². The van der Waals surface area contributed by atoms with Gasteiger partial charge in [-0.15, -0.1) is 0 Å². The molecule has 0 radical (unpaired) electrons. The van der Waals surface area contributed by atoms with Crippen molar-refractivity contribution in [3.8, 4) is 11.5 Å². The number of ether oxygens (including phenoxy) is 1. The molecule has 0 fully saturated rings. The fourth-order valence-electron chi connectivity index (χ4n) is 2.96. The predicted octanol–water partition coefficient (Wildman–Crippen LogP) is 5.46. The van der Waals surface area contributed by atoms with Crippen LogP contribution in [0.5, 0.6) is 11.5 Å². The van der Waals surface area contributed by atoms with Crippen molar-refractivity contribution >= 4 is 28.2 Å². The first-order valence-electron chi connectivity index (χ1n) is 7.41. The van der Waals surface area contributed by atoms with E-state index in [-0.39, 0.29) is 0 Å². The number of benzene rings is 3. The van der Waals surface area contributed by atoms with Crippen molar-refractivity contribution in [2.45, 2.75) is 5.25 Å². The van der Waals surface area contributed by atoms with Crippen LogP contribution in [0.3, 0.4) is 0 Å². The fraction of sp³-hybridized carbons (Fsp3) is 0.158. The monoisotopic (exact) mass is 307 g/mol. The smallest absolute Gasteiger partial charge is 0.150 e. The molecule has 3 heteroatoms. The lowest BCUT2D eigenvalue weighted by atomic mass is 10.1. The average Bonchev–Trinajstić information content (AvgIpc) is 2.99. The van der Waals surface area contributed by atoms with Crippen molar-refractivity contribution in [2.75, 3.05) is 18.1 Å². The van der Waals surface area contributed by atoms with E-state index in [2.05, 4.69) is 60.1 Å². The van der Waals surface area contributed by atoms with Crippen LogP contribution in [0.15, 0.2) is 60.7 Å². The Morgan fingerprint density at radius 2 is 1.86 bits per heavy atom. The molecule has 0 saturated carbocycles. The summed E-state index contributed by atoms with van der Waals surface area (Å²) in [6.07, 6.45) is 2.15. The molecule has 3 aromatic rings. The molecule has 110 valence electrons. The molecule has 0 spiro atoms. The summed E-state index contributed by atoms with van der Waals surface area (Å²) in [4.78, 5) is 0. The van der Waals surface area contributed by atoms with Crippen LogP contribution in [0.2, 0.25) is 0 Å². The normalized spacial score (nSPS) is 16.3. The van der Waals surface area contributed by atoms with E-state index < -0.39 is 0 Å². The molecule has 3 aromatic carbocycles. The van der Waals surface area contributed by atoms with Gasteiger partial charge in [0.2, 0.25) is 0 Å². The van der Waals surface area contributed by atoms with Crippen molar-refractivity contribution in [2.24, 2.45) is 0 Å². The number of fused-ring (bicyclic) bond motifs is 2. The number of anilines is 1. The lowest BCUT2D eigenvalue weighted by Gasteiger charge is -2.12. The second-order valence-electron chi connectivity index (χ2n) is 5.44. The van der Waals surface area contributed by atoms with Gasteiger partial charge in [0.25, 0.3) is 0 Å². The number of para-hydroxylation sites is 1. The molecule has 22 heavy (non-hydrogen) atoms. The summed E-state index contributed by atoms with van der Waals surface area (Å²) in [5.74, 6) is 1.78. The summed E-state index contributed by atoms with van der Waals surface area (Å²) in [7, 11) is 0. The zero-order valence-electron chi connectivity index (χ0n) is 12.4. The molecule has 1 heterocycles. The third kappa shape index (κ3) is 2.32. The molecule has 4 rings (SSSR count). The molecule has 1 atom stereocenters. The third-order valence-corrected chi connectivity index (χ3v) is 5.09. The summed E-state index contributed by atoms with van der Waals surface area (Å²) in [5.41, 5.74) is 2.47. The molecule has 0 bridgehead atoms. The van der Waals surface area contributed by atoms with Crippen LogP contribution in [-0.2, 0) is 0 Å². The van der Waals surface area contributed by atoms with Gasteiger partial charge in [0.15, 0.2) is 5.75 Å². The zero-order chi connectivity index (χ0) is 14.9. The minimum atomic E-state index is 0.509. The van der Waals surface area contributed by atoms with E-state index in [0.29, 0.717) is 5.25 Å². The van der Waals surface area contributed by atoms with E-state index in [1.807, 2.05) is 23.9 Å². The minimum absolute atomic E-state index is 0.509. The lowest BCUT2D eigenvalue weighted by molar-refractivity contribution is 0.485. The molecular weight excluding hydrogens is 290 g/mol. The van der Waals surface area contributed by atoms with E-state index in [1.165, 1.54) is 16.3 Å². The zero-order valence-corrected chi connectivity index (χ0v) is 13.2. The quantitative estimate of drug-likeness (QED) is 0.694. The third-order valence-electron chi connectivity index (χ3n) is 4.10. The highest BCUT2D eigenvalue weighted by atomic mass is 32.2. The number of thioether (sulfide) groups is 1. The highest BCUT2D eigenvalue weighted by molar-refractivity contribution is 7.98. The van der Waals surface area contributed by atoms with Crippen molar-refractivity contribution in [3.63, 3.8) is 0 Å². The Kier molecular flexibility index (Phi) is 3.43. The number of rotatable bonds is 3. The van der Waals surface area contributed by atoms with Gasteiger partial charge in [0.1, 0.15) is 5.75 Å². The van der Waals surface area contributed by atoms with Gasteiger partial charge in [-0.3, -0.25) is 0 Å². The van der Waals surface area contributed by atoms with E-state index in [9.17, 15) is 0 Å². The average molecular weight is 307 g/mol. The molecule has 1 unspecified atom stereocenters. The Morgan fingerprint density at radius 3 is 2.73 bits per heavy atom. The maximum atomic E-state index is 6.15. The van der Waals surface area contributed by atoms with Gasteiger partial charge in [-0.1, -0.05) is 42.5 Å². The summed E-state index contributed by atoms with van der Waals surface area (Å²) < 4.78 is 6.15. The van der Waals surface area contributed by atoms with Gasteiger partial charge in [-0.05, 0) is 40.8 Å². The molecule has 1 aliphatic rings. The van der Waals surface area contributed by atoms with Gasteiger partial charge in [-0.2, -0.15) is 11.8 Å².